The lowest BCUT2D eigenvalue weighted by molar-refractivity contribution is -0.0286. The summed E-state index contributed by atoms with van der Waals surface area (Å²) in [5.74, 6) is 1.25. The van der Waals surface area contributed by atoms with Gasteiger partial charge >= 0.3 is 5.97 Å². The Morgan fingerprint density at radius 3 is 2.50 bits per heavy atom. The van der Waals surface area contributed by atoms with Gasteiger partial charge in [0.1, 0.15) is 0 Å². The molecular weight excluding hydrogens is 537 g/mol. The van der Waals surface area contributed by atoms with E-state index in [1.54, 1.807) is 6.07 Å². The summed E-state index contributed by atoms with van der Waals surface area (Å²) in [7, 11) is 0. The molecule has 1 aliphatic carbocycles. The lowest BCUT2D eigenvalue weighted by Crippen LogP contribution is -2.57. The Labute approximate surface area is 239 Å². The second-order valence-corrected chi connectivity index (χ2v) is 12.1. The number of piperidine rings is 2. The number of hydrogen-bond acceptors (Lipinski definition) is 3. The van der Waals surface area contributed by atoms with E-state index in [1.165, 1.54) is 24.8 Å². The predicted octanol–water partition coefficient (Wildman–Crippen LogP) is 8.67. The Hall–Kier alpha value is -2.30. The summed E-state index contributed by atoms with van der Waals surface area (Å²) < 4.78 is 5.93. The van der Waals surface area contributed by atoms with Crippen LogP contribution in [-0.4, -0.2) is 36.6 Å². The smallest absolute Gasteiger partial charge is 0.338 e. The molecule has 4 fully saturated rings. The molecule has 3 nitrogen and oxygen atoms in total. The van der Waals surface area contributed by atoms with E-state index in [2.05, 4.69) is 23.1 Å². The summed E-state index contributed by atoms with van der Waals surface area (Å²) in [6, 6.07) is 21.6. The Morgan fingerprint density at radius 2 is 1.71 bits per heavy atom. The summed E-state index contributed by atoms with van der Waals surface area (Å²) >= 11 is 19.1. The maximum Gasteiger partial charge on any atom is 0.338 e. The van der Waals surface area contributed by atoms with Crippen molar-refractivity contribution in [3.8, 4) is 11.1 Å². The van der Waals surface area contributed by atoms with Gasteiger partial charge < -0.3 is 4.74 Å². The van der Waals surface area contributed by atoms with Crippen LogP contribution in [0, 0.1) is 17.8 Å². The number of ether oxygens (including phenoxy) is 1. The minimum absolute atomic E-state index is 0.234. The number of nitrogens with zero attached hydrogens (tertiary/aromatic N) is 1. The Morgan fingerprint density at radius 1 is 0.895 bits per heavy atom. The number of halogens is 3. The van der Waals surface area contributed by atoms with Crippen molar-refractivity contribution in [3.05, 3.63) is 98.5 Å². The molecule has 1 saturated carbocycles. The molecule has 0 radical (unpaired) electrons. The van der Waals surface area contributed by atoms with Crippen molar-refractivity contribution in [3.63, 3.8) is 0 Å². The fourth-order valence-electron chi connectivity index (χ4n) is 6.70. The lowest BCUT2D eigenvalue weighted by atomic mass is 9.66. The van der Waals surface area contributed by atoms with Gasteiger partial charge in [0, 0.05) is 35.6 Å². The van der Waals surface area contributed by atoms with Gasteiger partial charge in [-0.15, -0.1) is 0 Å². The highest BCUT2D eigenvalue weighted by Gasteiger charge is 2.46. The Kier molecular flexibility index (Phi) is 7.55. The maximum atomic E-state index is 12.8. The number of carbonyl (C=O) groups is 1. The third kappa shape index (κ3) is 5.27. The van der Waals surface area contributed by atoms with Crippen LogP contribution in [0.5, 0.6) is 0 Å². The molecule has 3 aromatic rings. The van der Waals surface area contributed by atoms with Crippen molar-refractivity contribution in [1.82, 2.24) is 4.90 Å². The molecule has 0 N–H and O–H groups in total. The quantitative estimate of drug-likeness (QED) is 0.289. The molecule has 0 amide bonds. The van der Waals surface area contributed by atoms with E-state index >= 15 is 0 Å². The number of esters is 1. The fraction of sp³-hybridized carbons (Fsp3) is 0.344. The van der Waals surface area contributed by atoms with E-state index in [4.69, 9.17) is 39.5 Å². The zero-order chi connectivity index (χ0) is 26.2. The zero-order valence-corrected chi connectivity index (χ0v) is 23.4. The zero-order valence-electron chi connectivity index (χ0n) is 21.1. The minimum Gasteiger partial charge on any atom is -0.462 e. The molecule has 0 spiro atoms. The molecule has 7 rings (SSSR count). The molecule has 0 aromatic heterocycles. The highest BCUT2D eigenvalue weighted by molar-refractivity contribution is 6.42. The lowest BCUT2D eigenvalue weighted by Gasteiger charge is -2.53. The monoisotopic (exact) mass is 565 g/mol. The van der Waals surface area contributed by atoms with Crippen molar-refractivity contribution < 1.29 is 9.53 Å². The molecule has 6 heteroatoms. The highest BCUT2D eigenvalue weighted by atomic mass is 35.5. The normalized spacial score (nSPS) is 27.2. The van der Waals surface area contributed by atoms with E-state index in [0.717, 1.165) is 42.1 Å². The van der Waals surface area contributed by atoms with Gasteiger partial charge in [-0.25, -0.2) is 4.79 Å². The fourth-order valence-corrected chi connectivity index (χ4v) is 7.30. The van der Waals surface area contributed by atoms with Crippen LogP contribution in [0.25, 0.3) is 17.2 Å². The van der Waals surface area contributed by atoms with E-state index in [0.29, 0.717) is 45.1 Å². The van der Waals surface area contributed by atoms with Gasteiger partial charge in [-0.1, -0.05) is 82.9 Å². The SMILES string of the molecule is O=C(OCC1C2CCC3CCC1N(C/C2=C\c1ccc(-c2ccc(Cl)c(Cl)c2)c(Cl)c1)C3)c1ccccc1. The van der Waals surface area contributed by atoms with Gasteiger partial charge in [0.2, 0.25) is 0 Å². The molecule has 4 bridgehead atoms. The number of hydrogen-bond donors (Lipinski definition) is 0. The predicted molar refractivity (Wildman–Crippen MR) is 156 cm³/mol. The second kappa shape index (κ2) is 11.1. The van der Waals surface area contributed by atoms with Crippen LogP contribution < -0.4 is 0 Å². The molecule has 3 heterocycles. The van der Waals surface area contributed by atoms with Crippen LogP contribution in [0.1, 0.15) is 41.6 Å². The van der Waals surface area contributed by atoms with Gasteiger partial charge in [0.05, 0.1) is 22.2 Å². The number of fused-ring (bicyclic) bond motifs is 2. The molecule has 3 saturated heterocycles. The third-order valence-electron chi connectivity index (χ3n) is 8.58. The van der Waals surface area contributed by atoms with Crippen LogP contribution >= 0.6 is 34.8 Å². The van der Waals surface area contributed by atoms with Crippen molar-refractivity contribution in [1.29, 1.82) is 0 Å². The minimum atomic E-state index is -0.234. The average molecular weight is 567 g/mol. The molecule has 3 aromatic carbocycles. The first-order chi connectivity index (χ1) is 18.5. The molecule has 196 valence electrons. The summed E-state index contributed by atoms with van der Waals surface area (Å²) in [6.45, 7) is 2.56. The van der Waals surface area contributed by atoms with Gasteiger partial charge in [0.15, 0.2) is 0 Å². The van der Waals surface area contributed by atoms with Crippen molar-refractivity contribution >= 4 is 46.8 Å². The van der Waals surface area contributed by atoms with Crippen LogP contribution in [0.4, 0.5) is 0 Å². The summed E-state index contributed by atoms with van der Waals surface area (Å²) in [4.78, 5) is 15.4. The van der Waals surface area contributed by atoms with Crippen LogP contribution in [0.2, 0.25) is 15.1 Å². The maximum absolute atomic E-state index is 12.8. The van der Waals surface area contributed by atoms with Crippen LogP contribution in [0.15, 0.2) is 72.3 Å². The van der Waals surface area contributed by atoms with Gasteiger partial charge in [-0.05, 0) is 79.0 Å². The first kappa shape index (κ1) is 26.0. The van der Waals surface area contributed by atoms with Crippen molar-refractivity contribution in [2.45, 2.75) is 31.7 Å². The molecule has 4 aliphatic rings. The summed E-state index contributed by atoms with van der Waals surface area (Å²) in [5.41, 5.74) is 4.99. The number of carbonyl (C=O) groups excluding carboxylic acids is 1. The highest BCUT2D eigenvalue weighted by Crippen LogP contribution is 2.46. The largest absolute Gasteiger partial charge is 0.462 e. The molecule has 5 atom stereocenters. The summed E-state index contributed by atoms with van der Waals surface area (Å²) in [6.07, 6.45) is 7.15. The van der Waals surface area contributed by atoms with Crippen molar-refractivity contribution in [2.75, 3.05) is 19.7 Å². The van der Waals surface area contributed by atoms with Gasteiger partial charge in [-0.2, -0.15) is 0 Å². The molecule has 38 heavy (non-hydrogen) atoms. The van der Waals surface area contributed by atoms with E-state index in [1.807, 2.05) is 48.5 Å². The third-order valence-corrected chi connectivity index (χ3v) is 9.64. The van der Waals surface area contributed by atoms with Crippen LogP contribution in [0.3, 0.4) is 0 Å². The summed E-state index contributed by atoms with van der Waals surface area (Å²) in [5, 5.41) is 1.72. The number of rotatable bonds is 5. The van der Waals surface area contributed by atoms with Gasteiger partial charge in [0.25, 0.3) is 0 Å². The van der Waals surface area contributed by atoms with E-state index < -0.39 is 0 Å². The first-order valence-corrected chi connectivity index (χ1v) is 14.5. The van der Waals surface area contributed by atoms with E-state index in [9.17, 15) is 4.79 Å². The molecule has 3 aliphatic heterocycles. The topological polar surface area (TPSA) is 29.5 Å². The standard InChI is InChI=1S/C32H30Cl3NO2/c33-28-12-9-23(16-30(28)35)26-11-7-21(15-29(26)34)14-24-18-36-17-20-6-10-25(24)27(31(36)13-8-20)19-38-32(37)22-4-2-1-3-5-22/h1-5,7,9,11-12,14-16,20,25,27,31H,6,8,10,13,17-19H2/b24-14+. The molecule has 5 unspecified atom stereocenters. The second-order valence-electron chi connectivity index (χ2n) is 10.8. The average Bonchev–Trinajstić information content (AvgIpc) is 2.91. The number of benzene rings is 3. The van der Waals surface area contributed by atoms with Crippen LogP contribution in [-0.2, 0) is 4.74 Å². The van der Waals surface area contributed by atoms with Gasteiger partial charge in [-0.3, -0.25) is 4.90 Å². The van der Waals surface area contributed by atoms with E-state index in [-0.39, 0.29) is 5.97 Å². The molecular formula is C32H30Cl3NO2. The first-order valence-electron chi connectivity index (χ1n) is 13.4. The Balaban J connectivity index is 1.26. The Bertz CT molecular complexity index is 1370. The van der Waals surface area contributed by atoms with Crippen molar-refractivity contribution in [2.24, 2.45) is 17.8 Å².